The maximum atomic E-state index is 4.91. The Morgan fingerprint density at radius 3 is 1.20 bits per heavy atom. The first kappa shape index (κ1) is 32.1. The van der Waals surface area contributed by atoms with Gasteiger partial charge in [-0.2, -0.15) is 0 Å². The average Bonchev–Trinajstić information content (AvgIpc) is 3.02. The van der Waals surface area contributed by atoms with Gasteiger partial charge < -0.3 is 0 Å². The molecule has 0 bridgehead atoms. The second kappa shape index (κ2) is 13.3. The summed E-state index contributed by atoms with van der Waals surface area (Å²) in [5.74, 6) is 0. The van der Waals surface area contributed by atoms with Crippen LogP contribution >= 0.6 is 0 Å². The molecule has 0 N–H and O–H groups in total. The molecular formula is C40H52N4. The van der Waals surface area contributed by atoms with E-state index < -0.39 is 0 Å². The zero-order chi connectivity index (χ0) is 31.5. The lowest BCUT2D eigenvalue weighted by molar-refractivity contribution is 0.0449. The molecule has 44 heavy (non-hydrogen) atoms. The summed E-state index contributed by atoms with van der Waals surface area (Å²) in [6.45, 7) is 13.7. The number of likely N-dealkylation sites (N-methyl/N-ethyl adjacent to an activating group) is 2. The minimum atomic E-state index is 0.0728. The number of hydrogen-bond donors (Lipinski definition) is 0. The smallest absolute Gasteiger partial charge is 0.0776 e. The molecule has 232 valence electrons. The summed E-state index contributed by atoms with van der Waals surface area (Å²) in [6.07, 6.45) is 8.67. The molecule has 1 aliphatic rings. The van der Waals surface area contributed by atoms with Crippen molar-refractivity contribution >= 4 is 0 Å². The number of hydrogen-bond acceptors (Lipinski definition) is 4. The Kier molecular flexibility index (Phi) is 9.72. The van der Waals surface area contributed by atoms with E-state index in [4.69, 9.17) is 9.97 Å². The highest BCUT2D eigenvalue weighted by molar-refractivity contribution is 5.35. The largest absolute Gasteiger partial charge is 0.290 e. The van der Waals surface area contributed by atoms with E-state index in [1.54, 1.807) is 0 Å². The molecule has 2 heterocycles. The first-order valence-corrected chi connectivity index (χ1v) is 16.4. The maximum absolute atomic E-state index is 4.91. The maximum Gasteiger partial charge on any atom is 0.0776 e. The fraction of sp³-hybridized carbons (Fsp3) is 0.450. The quantitative estimate of drug-likeness (QED) is 0.205. The van der Waals surface area contributed by atoms with Crippen LogP contribution in [0, 0.1) is 0 Å². The molecule has 4 heteroatoms. The Morgan fingerprint density at radius 1 is 0.545 bits per heavy atom. The molecule has 0 saturated heterocycles. The summed E-state index contributed by atoms with van der Waals surface area (Å²) in [5, 5.41) is 0. The third-order valence-electron chi connectivity index (χ3n) is 9.68. The molecule has 4 atom stereocenters. The summed E-state index contributed by atoms with van der Waals surface area (Å²) in [4.78, 5) is 15.0. The second-order valence-corrected chi connectivity index (χ2v) is 14.8. The van der Waals surface area contributed by atoms with Crippen molar-refractivity contribution in [1.82, 2.24) is 19.8 Å². The first-order valence-electron chi connectivity index (χ1n) is 16.4. The zero-order valence-corrected chi connectivity index (χ0v) is 28.2. The van der Waals surface area contributed by atoms with Gasteiger partial charge in [0.1, 0.15) is 0 Å². The Morgan fingerprint density at radius 2 is 0.909 bits per heavy atom. The molecule has 0 amide bonds. The summed E-state index contributed by atoms with van der Waals surface area (Å²) in [6, 6.07) is 32.1. The van der Waals surface area contributed by atoms with Gasteiger partial charge in [-0.25, -0.2) is 0 Å². The lowest BCUT2D eigenvalue weighted by Crippen LogP contribution is -2.53. The molecule has 5 rings (SSSR count). The molecule has 2 aromatic heterocycles. The molecule has 0 aliphatic heterocycles. The monoisotopic (exact) mass is 588 g/mol. The molecule has 0 radical (unpaired) electrons. The molecule has 1 aliphatic carbocycles. The molecular weight excluding hydrogens is 536 g/mol. The van der Waals surface area contributed by atoms with Crippen LogP contribution in [0.4, 0.5) is 0 Å². The molecule has 1 saturated carbocycles. The molecule has 4 nitrogen and oxygen atoms in total. The van der Waals surface area contributed by atoms with Gasteiger partial charge >= 0.3 is 0 Å². The Hall–Kier alpha value is -3.34. The molecule has 1 fully saturated rings. The minimum Gasteiger partial charge on any atom is -0.290 e. The average molecular weight is 589 g/mol. The van der Waals surface area contributed by atoms with Crippen LogP contribution < -0.4 is 0 Å². The Bertz CT molecular complexity index is 1340. The number of nitrogens with zero attached hydrogens (tertiary/aromatic N) is 4. The van der Waals surface area contributed by atoms with Crippen LogP contribution in [0.15, 0.2) is 97.3 Å². The van der Waals surface area contributed by atoms with Crippen molar-refractivity contribution in [2.24, 2.45) is 0 Å². The highest BCUT2D eigenvalue weighted by Gasteiger charge is 2.38. The molecule has 2 aromatic carbocycles. The van der Waals surface area contributed by atoms with Crippen molar-refractivity contribution in [2.75, 3.05) is 14.1 Å². The van der Waals surface area contributed by atoms with E-state index in [9.17, 15) is 0 Å². The van der Waals surface area contributed by atoms with Crippen molar-refractivity contribution in [3.05, 3.63) is 131 Å². The van der Waals surface area contributed by atoms with E-state index in [0.717, 1.165) is 24.2 Å². The fourth-order valence-electron chi connectivity index (χ4n) is 7.06. The normalized spacial score (nSPS) is 19.2. The van der Waals surface area contributed by atoms with Gasteiger partial charge in [0.2, 0.25) is 0 Å². The predicted octanol–water partition coefficient (Wildman–Crippen LogP) is 9.13. The van der Waals surface area contributed by atoms with Crippen LogP contribution in [0.3, 0.4) is 0 Å². The molecule has 0 unspecified atom stereocenters. The van der Waals surface area contributed by atoms with E-state index in [1.165, 1.54) is 35.1 Å². The Labute approximate surface area is 266 Å². The standard InChI is InChI=1S/C40H52N4/c1-39(2,3)31-23-19-29(20-24-31)37(33-15-11-13-27-41-33)43(7)35-17-9-10-18-36(35)44(8)38(34-16-12-14-28-42-34)30-21-25-32(26-22-30)40(4,5)6/h11-16,19-28,35-38H,9-10,17-18H2,1-8H3/t35-,36-,37-,38-/m1/s1. The third kappa shape index (κ3) is 7.14. The lowest BCUT2D eigenvalue weighted by Gasteiger charge is -2.47. The van der Waals surface area contributed by atoms with Gasteiger partial charge in [0.05, 0.1) is 23.5 Å². The lowest BCUT2D eigenvalue weighted by atomic mass is 9.83. The van der Waals surface area contributed by atoms with Gasteiger partial charge in [0.25, 0.3) is 0 Å². The van der Waals surface area contributed by atoms with Crippen LogP contribution in [0.1, 0.15) is 113 Å². The van der Waals surface area contributed by atoms with Crippen molar-refractivity contribution in [1.29, 1.82) is 0 Å². The van der Waals surface area contributed by atoms with Crippen molar-refractivity contribution < 1.29 is 0 Å². The molecule has 0 spiro atoms. The highest BCUT2D eigenvalue weighted by Crippen LogP contribution is 2.39. The van der Waals surface area contributed by atoms with Crippen LogP contribution in [0.25, 0.3) is 0 Å². The van der Waals surface area contributed by atoms with Gasteiger partial charge in [-0.15, -0.1) is 0 Å². The SMILES string of the molecule is CN([C@H](c1ccc(C(C)(C)C)cc1)c1ccccn1)[C@@H]1CCCC[C@H]1N(C)[C@H](c1ccc(C(C)(C)C)cc1)c1ccccn1. The number of benzene rings is 2. The summed E-state index contributed by atoms with van der Waals surface area (Å²) >= 11 is 0. The topological polar surface area (TPSA) is 32.3 Å². The predicted molar refractivity (Wildman–Crippen MR) is 184 cm³/mol. The van der Waals surface area contributed by atoms with Crippen LogP contribution in [0.5, 0.6) is 0 Å². The van der Waals surface area contributed by atoms with Crippen LogP contribution in [0.2, 0.25) is 0 Å². The zero-order valence-electron chi connectivity index (χ0n) is 28.2. The van der Waals surface area contributed by atoms with Gasteiger partial charge in [-0.3, -0.25) is 19.8 Å². The van der Waals surface area contributed by atoms with E-state index in [1.807, 2.05) is 24.5 Å². The van der Waals surface area contributed by atoms with Crippen molar-refractivity contribution in [2.45, 2.75) is 102 Å². The third-order valence-corrected chi connectivity index (χ3v) is 9.68. The van der Waals surface area contributed by atoms with E-state index in [2.05, 4.69) is 138 Å². The Balaban J connectivity index is 1.52. The van der Waals surface area contributed by atoms with E-state index in [0.29, 0.717) is 12.1 Å². The van der Waals surface area contributed by atoms with Gasteiger partial charge in [-0.05, 0) is 84.3 Å². The number of rotatable bonds is 8. The first-order chi connectivity index (χ1) is 20.9. The number of aromatic nitrogens is 2. The molecule has 4 aromatic rings. The van der Waals surface area contributed by atoms with E-state index >= 15 is 0 Å². The van der Waals surface area contributed by atoms with Gasteiger partial charge in [0, 0.05) is 24.5 Å². The van der Waals surface area contributed by atoms with Crippen molar-refractivity contribution in [3.63, 3.8) is 0 Å². The summed E-state index contributed by atoms with van der Waals surface area (Å²) in [7, 11) is 4.64. The van der Waals surface area contributed by atoms with Gasteiger partial charge in [0.15, 0.2) is 0 Å². The minimum absolute atomic E-state index is 0.0728. The van der Waals surface area contributed by atoms with Crippen LogP contribution in [-0.4, -0.2) is 45.9 Å². The summed E-state index contributed by atoms with van der Waals surface area (Å²) < 4.78 is 0. The second-order valence-electron chi connectivity index (χ2n) is 14.8. The van der Waals surface area contributed by atoms with Crippen molar-refractivity contribution in [3.8, 4) is 0 Å². The van der Waals surface area contributed by atoms with Crippen LogP contribution in [-0.2, 0) is 10.8 Å². The fourth-order valence-corrected chi connectivity index (χ4v) is 7.06. The van der Waals surface area contributed by atoms with Gasteiger partial charge in [-0.1, -0.05) is 115 Å². The van der Waals surface area contributed by atoms with E-state index in [-0.39, 0.29) is 22.9 Å². The highest BCUT2D eigenvalue weighted by atomic mass is 15.3. The summed E-state index contributed by atoms with van der Waals surface area (Å²) in [5.41, 5.74) is 7.75. The number of pyridine rings is 2.